The minimum Gasteiger partial charge on any atom is -0.356 e. The van der Waals surface area contributed by atoms with E-state index in [1.54, 1.807) is 11.3 Å². The van der Waals surface area contributed by atoms with Gasteiger partial charge in [-0.1, -0.05) is 6.07 Å². The number of rotatable bonds is 5. The first kappa shape index (κ1) is 21.9. The van der Waals surface area contributed by atoms with Crippen molar-refractivity contribution in [3.05, 3.63) is 40.0 Å². The molecule has 0 spiro atoms. The van der Waals surface area contributed by atoms with E-state index in [0.29, 0.717) is 6.04 Å². The maximum Gasteiger partial charge on any atom is 0.191 e. The number of hydrogen-bond donors (Lipinski definition) is 2. The van der Waals surface area contributed by atoms with Crippen molar-refractivity contribution >= 4 is 47.1 Å². The van der Waals surface area contributed by atoms with Gasteiger partial charge in [0.1, 0.15) is 5.82 Å². The molecule has 0 saturated carbocycles. The molecule has 3 rings (SSSR count). The highest BCUT2D eigenvalue weighted by atomic mass is 127. The quantitative estimate of drug-likeness (QED) is 0.375. The molecule has 8 heteroatoms. The van der Waals surface area contributed by atoms with Crippen molar-refractivity contribution in [2.45, 2.75) is 39.2 Å². The highest BCUT2D eigenvalue weighted by Gasteiger charge is 2.20. The second-order valence-corrected chi connectivity index (χ2v) is 8.03. The van der Waals surface area contributed by atoms with Crippen molar-refractivity contribution < 1.29 is 0 Å². The number of pyridine rings is 1. The Kier molecular flexibility index (Phi) is 8.75. The first-order valence-electron chi connectivity index (χ1n) is 9.20. The average Bonchev–Trinajstić information content (AvgIpc) is 3.07. The van der Waals surface area contributed by atoms with Crippen LogP contribution in [-0.4, -0.2) is 48.7 Å². The van der Waals surface area contributed by atoms with Crippen LogP contribution in [0.1, 0.15) is 28.3 Å². The normalized spacial score (nSPS) is 15.4. The van der Waals surface area contributed by atoms with E-state index in [4.69, 9.17) is 0 Å². The van der Waals surface area contributed by atoms with Gasteiger partial charge in [0, 0.05) is 56.4 Å². The monoisotopic (exact) mass is 500 g/mol. The van der Waals surface area contributed by atoms with E-state index in [1.165, 1.54) is 15.4 Å². The molecule has 0 unspecified atom stereocenters. The van der Waals surface area contributed by atoms with Gasteiger partial charge in [-0.15, -0.1) is 35.3 Å². The predicted molar refractivity (Wildman–Crippen MR) is 125 cm³/mol. The van der Waals surface area contributed by atoms with Crippen LogP contribution < -0.4 is 15.5 Å². The van der Waals surface area contributed by atoms with Crippen LogP contribution in [0.3, 0.4) is 0 Å². The lowest BCUT2D eigenvalue weighted by molar-refractivity contribution is 0.459. The molecule has 1 fully saturated rings. The first-order valence-corrected chi connectivity index (χ1v) is 10.0. The van der Waals surface area contributed by atoms with Crippen molar-refractivity contribution in [1.82, 2.24) is 20.6 Å². The van der Waals surface area contributed by atoms with E-state index in [2.05, 4.69) is 56.5 Å². The zero-order valence-electron chi connectivity index (χ0n) is 16.2. The van der Waals surface area contributed by atoms with Gasteiger partial charge in [-0.3, -0.25) is 4.99 Å². The Morgan fingerprint density at radius 3 is 2.59 bits per heavy atom. The molecule has 6 nitrogen and oxygen atoms in total. The van der Waals surface area contributed by atoms with Crippen LogP contribution in [0.2, 0.25) is 0 Å². The number of thiazole rings is 1. The molecule has 0 amide bonds. The molecule has 1 saturated heterocycles. The second kappa shape index (κ2) is 10.8. The van der Waals surface area contributed by atoms with Crippen LogP contribution in [0, 0.1) is 13.8 Å². The lowest BCUT2D eigenvalue weighted by Gasteiger charge is -2.33. The molecule has 0 aliphatic carbocycles. The first-order chi connectivity index (χ1) is 12.6. The molecular weight excluding hydrogens is 471 g/mol. The minimum absolute atomic E-state index is 0. The summed E-state index contributed by atoms with van der Waals surface area (Å²) in [5.41, 5.74) is 1.20. The molecule has 1 aliphatic heterocycles. The Morgan fingerprint density at radius 2 is 2.00 bits per heavy atom. The van der Waals surface area contributed by atoms with E-state index in [9.17, 15) is 0 Å². The number of guanidine groups is 1. The fraction of sp³-hybridized carbons (Fsp3) is 0.526. The number of aromatic nitrogens is 2. The van der Waals surface area contributed by atoms with Gasteiger partial charge in [0.2, 0.25) is 0 Å². The van der Waals surface area contributed by atoms with E-state index in [-0.39, 0.29) is 24.0 Å². The molecule has 27 heavy (non-hydrogen) atoms. The largest absolute Gasteiger partial charge is 0.356 e. The smallest absolute Gasteiger partial charge is 0.191 e. The molecule has 0 atom stereocenters. The number of aliphatic imine (C=N–C) groups is 1. The van der Waals surface area contributed by atoms with Crippen molar-refractivity contribution in [1.29, 1.82) is 0 Å². The molecule has 2 aromatic heterocycles. The number of aryl methyl sites for hydroxylation is 2. The number of anilines is 1. The third-order valence-corrected chi connectivity index (χ3v) is 5.55. The van der Waals surface area contributed by atoms with Crippen LogP contribution in [0.15, 0.2) is 29.5 Å². The summed E-state index contributed by atoms with van der Waals surface area (Å²) in [7, 11) is 1.83. The van der Waals surface area contributed by atoms with Gasteiger partial charge >= 0.3 is 0 Å². The minimum atomic E-state index is 0. The van der Waals surface area contributed by atoms with Gasteiger partial charge in [-0.2, -0.15) is 0 Å². The maximum atomic E-state index is 4.54. The zero-order valence-corrected chi connectivity index (χ0v) is 19.4. The van der Waals surface area contributed by atoms with Crippen molar-refractivity contribution in [3.8, 4) is 0 Å². The second-order valence-electron chi connectivity index (χ2n) is 6.71. The Bertz CT molecular complexity index is 722. The van der Waals surface area contributed by atoms with Crippen LogP contribution in [-0.2, 0) is 6.42 Å². The van der Waals surface area contributed by atoms with E-state index in [0.717, 1.165) is 50.7 Å². The number of nitrogens with zero attached hydrogens (tertiary/aromatic N) is 4. The summed E-state index contributed by atoms with van der Waals surface area (Å²) in [6, 6.07) is 4.69. The summed E-state index contributed by atoms with van der Waals surface area (Å²) in [4.78, 5) is 16.9. The predicted octanol–water partition coefficient (Wildman–Crippen LogP) is 3.15. The Labute approximate surface area is 182 Å². The molecule has 2 aromatic rings. The van der Waals surface area contributed by atoms with Crippen LogP contribution in [0.4, 0.5) is 5.82 Å². The van der Waals surface area contributed by atoms with E-state index in [1.807, 2.05) is 19.4 Å². The summed E-state index contributed by atoms with van der Waals surface area (Å²) in [5.74, 6) is 1.96. The number of halogens is 1. The van der Waals surface area contributed by atoms with Gasteiger partial charge in [-0.25, -0.2) is 9.97 Å². The Balaban J connectivity index is 0.00000261. The lowest BCUT2D eigenvalue weighted by atomic mass is 10.1. The molecule has 0 radical (unpaired) electrons. The third-order valence-electron chi connectivity index (χ3n) is 4.58. The number of nitrogens with one attached hydrogen (secondary N) is 2. The fourth-order valence-electron chi connectivity index (χ4n) is 3.09. The summed E-state index contributed by atoms with van der Waals surface area (Å²) in [6.07, 6.45) is 6.97. The van der Waals surface area contributed by atoms with Gasteiger partial charge in [-0.05, 0) is 38.3 Å². The van der Waals surface area contributed by atoms with Crippen molar-refractivity contribution in [2.24, 2.45) is 4.99 Å². The van der Waals surface area contributed by atoms with Gasteiger partial charge < -0.3 is 15.5 Å². The van der Waals surface area contributed by atoms with E-state index >= 15 is 0 Å². The topological polar surface area (TPSA) is 65.4 Å². The molecule has 0 aromatic carbocycles. The highest BCUT2D eigenvalue weighted by molar-refractivity contribution is 14.0. The lowest BCUT2D eigenvalue weighted by Crippen LogP contribution is -2.49. The Hall–Kier alpha value is -1.42. The Morgan fingerprint density at radius 1 is 1.22 bits per heavy atom. The van der Waals surface area contributed by atoms with Crippen molar-refractivity contribution in [2.75, 3.05) is 31.6 Å². The molecular formula is C19H29IN6S. The molecule has 3 heterocycles. The van der Waals surface area contributed by atoms with Crippen molar-refractivity contribution in [3.63, 3.8) is 0 Å². The molecule has 1 aliphatic rings. The summed E-state index contributed by atoms with van der Waals surface area (Å²) >= 11 is 1.76. The average molecular weight is 500 g/mol. The maximum absolute atomic E-state index is 4.54. The standard InChI is InChI=1S/C19H28N6S.HI/c1-14-4-5-17(22-12-14)25-10-7-16(8-11-25)24-19(20-3)21-9-6-18-23-13-15(2)26-18;/h4-5,12-13,16H,6-11H2,1-3H3,(H2,20,21,24);1H. The summed E-state index contributed by atoms with van der Waals surface area (Å²) in [6.45, 7) is 7.04. The number of hydrogen-bond acceptors (Lipinski definition) is 5. The number of piperidine rings is 1. The summed E-state index contributed by atoms with van der Waals surface area (Å²) in [5, 5.41) is 8.13. The summed E-state index contributed by atoms with van der Waals surface area (Å²) < 4.78 is 0. The SMILES string of the molecule is CN=C(NCCc1ncc(C)s1)NC1CCN(c2ccc(C)cn2)CC1.I. The van der Waals surface area contributed by atoms with Gasteiger partial charge in [0.05, 0.1) is 5.01 Å². The van der Waals surface area contributed by atoms with E-state index < -0.39 is 0 Å². The third kappa shape index (κ3) is 6.60. The van der Waals surface area contributed by atoms with Gasteiger partial charge in [0.25, 0.3) is 0 Å². The molecule has 0 bridgehead atoms. The fourth-order valence-corrected chi connectivity index (χ4v) is 3.88. The van der Waals surface area contributed by atoms with Crippen LogP contribution >= 0.6 is 35.3 Å². The van der Waals surface area contributed by atoms with Crippen LogP contribution in [0.25, 0.3) is 0 Å². The molecule has 148 valence electrons. The van der Waals surface area contributed by atoms with Gasteiger partial charge in [0.15, 0.2) is 5.96 Å². The molecule has 2 N–H and O–H groups in total. The highest BCUT2D eigenvalue weighted by Crippen LogP contribution is 2.18. The zero-order chi connectivity index (χ0) is 18.4. The van der Waals surface area contributed by atoms with Crippen LogP contribution in [0.5, 0.6) is 0 Å².